The van der Waals surface area contributed by atoms with Crippen molar-refractivity contribution in [3.05, 3.63) is 47.2 Å². The van der Waals surface area contributed by atoms with E-state index in [1.165, 1.54) is 18.2 Å². The van der Waals surface area contributed by atoms with E-state index in [2.05, 4.69) is 10.2 Å². The molecule has 5 nitrogen and oxygen atoms in total. The van der Waals surface area contributed by atoms with Crippen LogP contribution in [0.4, 0.5) is 13.2 Å². The molecule has 3 rings (SSSR count). The minimum absolute atomic E-state index is 0.118. The molecule has 24 heavy (non-hydrogen) atoms. The smallest absolute Gasteiger partial charge is 0.390 e. The van der Waals surface area contributed by atoms with Crippen LogP contribution in [-0.4, -0.2) is 31.6 Å². The van der Waals surface area contributed by atoms with Gasteiger partial charge in [0.25, 0.3) is 0 Å². The number of aliphatic hydroxyl groups excluding tert-OH is 3. The second kappa shape index (κ2) is 5.80. The first kappa shape index (κ1) is 16.8. The molecule has 1 aromatic heterocycles. The van der Waals surface area contributed by atoms with E-state index in [0.29, 0.717) is 0 Å². The minimum Gasteiger partial charge on any atom is -0.390 e. The van der Waals surface area contributed by atoms with E-state index in [0.717, 1.165) is 12.1 Å². The molecule has 0 radical (unpaired) electrons. The number of hydrogen-bond acceptors (Lipinski definition) is 5. The van der Waals surface area contributed by atoms with Crippen molar-refractivity contribution in [2.24, 2.45) is 5.92 Å². The van der Waals surface area contributed by atoms with E-state index in [-0.39, 0.29) is 22.5 Å². The van der Waals surface area contributed by atoms with Gasteiger partial charge in [-0.3, -0.25) is 0 Å². The lowest BCUT2D eigenvalue weighted by Crippen LogP contribution is -2.36. The summed E-state index contributed by atoms with van der Waals surface area (Å²) >= 11 is 0. The van der Waals surface area contributed by atoms with Gasteiger partial charge in [-0.25, -0.2) is 0 Å². The first-order valence-electron chi connectivity index (χ1n) is 7.29. The number of aromatic nitrogens is 2. The fourth-order valence-corrected chi connectivity index (χ4v) is 2.79. The Bertz CT molecular complexity index is 766. The van der Waals surface area contributed by atoms with E-state index < -0.39 is 36.0 Å². The summed E-state index contributed by atoms with van der Waals surface area (Å²) in [5.41, 5.74) is -0.247. The molecule has 0 amide bonds. The number of benzene rings is 1. The van der Waals surface area contributed by atoms with Crippen LogP contribution in [-0.2, 0) is 6.18 Å². The second-order valence-corrected chi connectivity index (χ2v) is 5.89. The van der Waals surface area contributed by atoms with Crippen LogP contribution in [0, 0.1) is 5.92 Å². The summed E-state index contributed by atoms with van der Waals surface area (Å²) in [7, 11) is 0. The van der Waals surface area contributed by atoms with Gasteiger partial charge in [0.15, 0.2) is 0 Å². The SMILES string of the molecule is CC1C(O)c2nnc(-c3cccc(C(F)(F)F)c3)cc2C(O)C1O. The topological polar surface area (TPSA) is 86.5 Å². The molecule has 0 bridgehead atoms. The Morgan fingerprint density at radius 2 is 1.71 bits per heavy atom. The monoisotopic (exact) mass is 340 g/mol. The number of hydrogen-bond donors (Lipinski definition) is 3. The van der Waals surface area contributed by atoms with Gasteiger partial charge >= 0.3 is 6.18 Å². The second-order valence-electron chi connectivity index (χ2n) is 5.89. The molecule has 0 fully saturated rings. The van der Waals surface area contributed by atoms with Crippen LogP contribution in [0.1, 0.15) is 36.0 Å². The predicted octanol–water partition coefficient (Wildman–Crippen LogP) is 2.24. The molecule has 3 N–H and O–H groups in total. The van der Waals surface area contributed by atoms with Crippen LogP contribution < -0.4 is 0 Å². The Labute approximate surface area is 135 Å². The Balaban J connectivity index is 2.07. The lowest BCUT2D eigenvalue weighted by molar-refractivity contribution is -0.137. The molecular weight excluding hydrogens is 325 g/mol. The summed E-state index contributed by atoms with van der Waals surface area (Å²) in [4.78, 5) is 0. The van der Waals surface area contributed by atoms with E-state index in [1.54, 1.807) is 6.92 Å². The molecule has 4 unspecified atom stereocenters. The molecule has 128 valence electrons. The molecule has 1 aliphatic carbocycles. The van der Waals surface area contributed by atoms with Crippen LogP contribution in [0.3, 0.4) is 0 Å². The highest BCUT2D eigenvalue weighted by atomic mass is 19.4. The number of rotatable bonds is 1. The number of aliphatic hydroxyl groups is 3. The van der Waals surface area contributed by atoms with Gasteiger partial charge in [0.1, 0.15) is 12.2 Å². The van der Waals surface area contributed by atoms with Gasteiger partial charge in [0, 0.05) is 17.0 Å². The van der Waals surface area contributed by atoms with E-state index in [1.807, 2.05) is 0 Å². The maximum Gasteiger partial charge on any atom is 0.416 e. The van der Waals surface area contributed by atoms with Gasteiger partial charge in [0.05, 0.1) is 23.1 Å². The molecular formula is C16H15F3N2O3. The molecule has 0 aliphatic heterocycles. The summed E-state index contributed by atoms with van der Waals surface area (Å²) in [6.07, 6.45) is -8.09. The standard InChI is InChI=1S/C16H15F3N2O3/c1-7-13(22)12-10(15(24)14(7)23)6-11(20-21-12)8-3-2-4-9(5-8)16(17,18)19/h2-7,13-15,22-24H,1H3. The fourth-order valence-electron chi connectivity index (χ4n) is 2.79. The zero-order chi connectivity index (χ0) is 17.6. The predicted molar refractivity (Wildman–Crippen MR) is 77.6 cm³/mol. The van der Waals surface area contributed by atoms with Crippen molar-refractivity contribution in [3.8, 4) is 11.3 Å². The summed E-state index contributed by atoms with van der Waals surface area (Å²) in [6, 6.07) is 5.92. The molecule has 0 saturated carbocycles. The van der Waals surface area contributed by atoms with Gasteiger partial charge in [-0.1, -0.05) is 19.1 Å². The number of halogens is 3. The Morgan fingerprint density at radius 1 is 1.00 bits per heavy atom. The van der Waals surface area contributed by atoms with Crippen molar-refractivity contribution in [2.45, 2.75) is 31.4 Å². The Morgan fingerprint density at radius 3 is 2.38 bits per heavy atom. The quantitative estimate of drug-likeness (QED) is 0.741. The molecule has 1 aliphatic rings. The molecule has 8 heteroatoms. The first-order chi connectivity index (χ1) is 11.2. The van der Waals surface area contributed by atoms with E-state index in [4.69, 9.17) is 0 Å². The summed E-state index contributed by atoms with van der Waals surface area (Å²) in [5, 5.41) is 38.0. The van der Waals surface area contributed by atoms with Crippen molar-refractivity contribution in [1.29, 1.82) is 0 Å². The molecule has 1 heterocycles. The van der Waals surface area contributed by atoms with Crippen molar-refractivity contribution in [1.82, 2.24) is 10.2 Å². The molecule has 2 aromatic rings. The fraction of sp³-hybridized carbons (Fsp3) is 0.375. The third-order valence-electron chi connectivity index (χ3n) is 4.30. The minimum atomic E-state index is -4.49. The van der Waals surface area contributed by atoms with Gasteiger partial charge in [-0.15, -0.1) is 0 Å². The third-order valence-corrected chi connectivity index (χ3v) is 4.30. The van der Waals surface area contributed by atoms with Crippen molar-refractivity contribution >= 4 is 0 Å². The van der Waals surface area contributed by atoms with Gasteiger partial charge < -0.3 is 15.3 Å². The van der Waals surface area contributed by atoms with Crippen molar-refractivity contribution < 1.29 is 28.5 Å². The normalized spacial score (nSPS) is 27.0. The number of alkyl halides is 3. The summed E-state index contributed by atoms with van der Waals surface area (Å²) in [5.74, 6) is -0.638. The first-order valence-corrected chi connectivity index (χ1v) is 7.29. The summed E-state index contributed by atoms with van der Waals surface area (Å²) < 4.78 is 38.5. The number of nitrogens with zero attached hydrogens (tertiary/aromatic N) is 2. The lowest BCUT2D eigenvalue weighted by atomic mass is 9.81. The molecule has 0 saturated heterocycles. The number of fused-ring (bicyclic) bond motifs is 1. The molecule has 4 atom stereocenters. The lowest BCUT2D eigenvalue weighted by Gasteiger charge is -2.34. The highest BCUT2D eigenvalue weighted by molar-refractivity contribution is 5.61. The average Bonchev–Trinajstić information content (AvgIpc) is 2.57. The van der Waals surface area contributed by atoms with E-state index >= 15 is 0 Å². The summed E-state index contributed by atoms with van der Waals surface area (Å²) in [6.45, 7) is 1.56. The van der Waals surface area contributed by atoms with Gasteiger partial charge in [-0.05, 0) is 18.2 Å². The molecule has 1 aromatic carbocycles. The van der Waals surface area contributed by atoms with Crippen LogP contribution in [0.15, 0.2) is 30.3 Å². The zero-order valence-electron chi connectivity index (χ0n) is 12.6. The van der Waals surface area contributed by atoms with Gasteiger partial charge in [0.2, 0.25) is 0 Å². The van der Waals surface area contributed by atoms with Crippen molar-refractivity contribution in [3.63, 3.8) is 0 Å². The van der Waals surface area contributed by atoms with Crippen LogP contribution in [0.25, 0.3) is 11.3 Å². The van der Waals surface area contributed by atoms with Crippen LogP contribution in [0.2, 0.25) is 0 Å². The highest BCUT2D eigenvalue weighted by Crippen LogP contribution is 2.40. The Hall–Kier alpha value is -2.03. The maximum atomic E-state index is 12.8. The largest absolute Gasteiger partial charge is 0.416 e. The van der Waals surface area contributed by atoms with Crippen molar-refractivity contribution in [2.75, 3.05) is 0 Å². The maximum absolute atomic E-state index is 12.8. The van der Waals surface area contributed by atoms with Crippen LogP contribution in [0.5, 0.6) is 0 Å². The highest BCUT2D eigenvalue weighted by Gasteiger charge is 2.39. The Kier molecular flexibility index (Phi) is 4.06. The third kappa shape index (κ3) is 2.77. The van der Waals surface area contributed by atoms with Crippen LogP contribution >= 0.6 is 0 Å². The zero-order valence-corrected chi connectivity index (χ0v) is 12.6. The average molecular weight is 340 g/mol. The van der Waals surface area contributed by atoms with Gasteiger partial charge in [-0.2, -0.15) is 23.4 Å². The molecule has 0 spiro atoms. The van der Waals surface area contributed by atoms with E-state index in [9.17, 15) is 28.5 Å².